The van der Waals surface area contributed by atoms with Gasteiger partial charge in [0.25, 0.3) is 11.7 Å². The van der Waals surface area contributed by atoms with Gasteiger partial charge in [0.2, 0.25) is 0 Å². The Morgan fingerprint density at radius 2 is 1.71 bits per heavy atom. The lowest BCUT2D eigenvalue weighted by Gasteiger charge is -2.25. The number of nitrogens with one attached hydrogen (secondary N) is 1. The molecule has 1 atom stereocenters. The summed E-state index contributed by atoms with van der Waals surface area (Å²) in [6.07, 6.45) is 2.39. The minimum Gasteiger partial charge on any atom is -0.507 e. The van der Waals surface area contributed by atoms with Crippen LogP contribution in [0.3, 0.4) is 0 Å². The van der Waals surface area contributed by atoms with E-state index in [1.54, 1.807) is 24.3 Å². The highest BCUT2D eigenvalue weighted by atomic mass is 35.5. The van der Waals surface area contributed by atoms with E-state index in [0.29, 0.717) is 22.6 Å². The molecular weight excluding hydrogens is 455 g/mol. The number of aromatic nitrogens is 1. The number of H-pyrrole nitrogens is 1. The van der Waals surface area contributed by atoms with Crippen molar-refractivity contribution in [3.05, 3.63) is 112 Å². The number of fused-ring (bicyclic) bond motifs is 1. The normalized spacial score (nSPS) is 17.6. The largest absolute Gasteiger partial charge is 0.507 e. The van der Waals surface area contributed by atoms with E-state index in [1.165, 1.54) is 29.2 Å². The molecule has 5 rings (SSSR count). The summed E-state index contributed by atoms with van der Waals surface area (Å²) >= 11 is 5.96. The molecule has 3 aromatic carbocycles. The van der Waals surface area contributed by atoms with Crippen LogP contribution < -0.4 is 0 Å². The number of aromatic amines is 1. The lowest BCUT2D eigenvalue weighted by atomic mass is 9.95. The molecule has 1 aromatic heterocycles. The molecule has 7 heteroatoms. The molecule has 1 fully saturated rings. The smallest absolute Gasteiger partial charge is 0.295 e. The van der Waals surface area contributed by atoms with Crippen LogP contribution in [-0.4, -0.2) is 33.2 Å². The number of para-hydroxylation sites is 1. The first kappa shape index (κ1) is 21.9. The van der Waals surface area contributed by atoms with Gasteiger partial charge in [0.1, 0.15) is 11.6 Å². The summed E-state index contributed by atoms with van der Waals surface area (Å²) in [5, 5.41) is 12.6. The SMILES string of the molecule is O=C1C(=O)N(CCc2c[nH]c3ccccc23)[C@H](c2ccc(F)cc2)C1=C(O)c1ccc(Cl)cc1. The Bertz CT molecular complexity index is 1420. The standard InChI is InChI=1S/C27H20ClFN2O3/c28-19-9-5-17(6-10-19)25(32)23-24(16-7-11-20(29)12-8-16)31(27(34)26(23)33)14-13-18-15-30-22-4-2-1-3-21(18)22/h1-12,15,24,30,32H,13-14H2/t24-/m1/s1. The van der Waals surface area contributed by atoms with Gasteiger partial charge in [-0.05, 0) is 60.0 Å². The van der Waals surface area contributed by atoms with E-state index < -0.39 is 23.5 Å². The van der Waals surface area contributed by atoms with E-state index in [4.69, 9.17) is 11.6 Å². The van der Waals surface area contributed by atoms with Crippen molar-refractivity contribution in [2.75, 3.05) is 6.54 Å². The number of hydrogen-bond acceptors (Lipinski definition) is 3. The number of amides is 1. The van der Waals surface area contributed by atoms with Crippen molar-refractivity contribution in [2.45, 2.75) is 12.5 Å². The highest BCUT2D eigenvalue weighted by molar-refractivity contribution is 6.46. The van der Waals surface area contributed by atoms with Gasteiger partial charge in [0.05, 0.1) is 11.6 Å². The predicted octanol–water partition coefficient (Wildman–Crippen LogP) is 5.62. The first-order valence-electron chi connectivity index (χ1n) is 10.8. The average molecular weight is 475 g/mol. The summed E-state index contributed by atoms with van der Waals surface area (Å²) < 4.78 is 13.6. The van der Waals surface area contributed by atoms with Crippen molar-refractivity contribution in [2.24, 2.45) is 0 Å². The Hall–Kier alpha value is -3.90. The number of aliphatic hydroxyl groups is 1. The molecule has 0 spiro atoms. The van der Waals surface area contributed by atoms with E-state index in [-0.39, 0.29) is 17.9 Å². The van der Waals surface area contributed by atoms with Crippen LogP contribution in [-0.2, 0) is 16.0 Å². The monoisotopic (exact) mass is 474 g/mol. The third kappa shape index (κ3) is 3.86. The summed E-state index contributed by atoms with van der Waals surface area (Å²) in [5.74, 6) is -2.21. The molecule has 1 aliphatic heterocycles. The molecule has 5 nitrogen and oxygen atoms in total. The van der Waals surface area contributed by atoms with Gasteiger partial charge in [-0.25, -0.2) is 4.39 Å². The van der Waals surface area contributed by atoms with Crippen LogP contribution in [0.25, 0.3) is 16.7 Å². The summed E-state index contributed by atoms with van der Waals surface area (Å²) in [6, 6.07) is 19.0. The molecule has 0 radical (unpaired) electrons. The molecule has 1 aliphatic rings. The number of benzene rings is 3. The topological polar surface area (TPSA) is 73.4 Å². The van der Waals surface area contributed by atoms with Gasteiger partial charge in [-0.2, -0.15) is 0 Å². The van der Waals surface area contributed by atoms with Crippen LogP contribution in [0.1, 0.15) is 22.7 Å². The Labute approximate surface area is 200 Å². The number of halogens is 2. The average Bonchev–Trinajstić information content (AvgIpc) is 3.37. The summed E-state index contributed by atoms with van der Waals surface area (Å²) in [6.45, 7) is 0.242. The number of carbonyl (C=O) groups excluding carboxylic acids is 2. The Morgan fingerprint density at radius 3 is 2.44 bits per heavy atom. The minimum atomic E-state index is -0.846. The van der Waals surface area contributed by atoms with E-state index >= 15 is 0 Å². The van der Waals surface area contributed by atoms with Crippen molar-refractivity contribution in [1.82, 2.24) is 9.88 Å². The zero-order chi connectivity index (χ0) is 23.8. The van der Waals surface area contributed by atoms with Crippen LogP contribution in [0.15, 0.2) is 84.6 Å². The zero-order valence-corrected chi connectivity index (χ0v) is 18.7. The molecule has 0 bridgehead atoms. The fourth-order valence-corrected chi connectivity index (χ4v) is 4.57. The number of aliphatic hydroxyl groups excluding tert-OH is 1. The van der Waals surface area contributed by atoms with Crippen LogP contribution in [0.4, 0.5) is 4.39 Å². The van der Waals surface area contributed by atoms with Crippen LogP contribution >= 0.6 is 11.6 Å². The second-order valence-electron chi connectivity index (χ2n) is 8.16. The maximum absolute atomic E-state index is 13.6. The number of nitrogens with zero attached hydrogens (tertiary/aromatic N) is 1. The van der Waals surface area contributed by atoms with Crippen molar-refractivity contribution >= 4 is 40.0 Å². The molecule has 1 amide bonds. The first-order valence-corrected chi connectivity index (χ1v) is 11.2. The van der Waals surface area contributed by atoms with Crippen molar-refractivity contribution in [3.8, 4) is 0 Å². The second kappa shape index (κ2) is 8.80. The number of Topliss-reactive ketones (excluding diaryl/α,β-unsaturated/α-hetero) is 1. The van der Waals surface area contributed by atoms with Gasteiger partial charge in [-0.3, -0.25) is 9.59 Å². The molecule has 0 aliphatic carbocycles. The van der Waals surface area contributed by atoms with Crippen LogP contribution in [0.2, 0.25) is 5.02 Å². The number of likely N-dealkylation sites (tertiary alicyclic amines) is 1. The van der Waals surface area contributed by atoms with E-state index in [9.17, 15) is 19.1 Å². The first-order chi connectivity index (χ1) is 16.4. The molecule has 2 N–H and O–H groups in total. The highest BCUT2D eigenvalue weighted by Gasteiger charge is 2.45. The van der Waals surface area contributed by atoms with Gasteiger partial charge < -0.3 is 15.0 Å². The number of carbonyl (C=O) groups is 2. The molecule has 34 heavy (non-hydrogen) atoms. The lowest BCUT2D eigenvalue weighted by molar-refractivity contribution is -0.139. The van der Waals surface area contributed by atoms with Crippen molar-refractivity contribution in [3.63, 3.8) is 0 Å². The van der Waals surface area contributed by atoms with Crippen molar-refractivity contribution in [1.29, 1.82) is 0 Å². The van der Waals surface area contributed by atoms with Gasteiger partial charge in [0.15, 0.2) is 0 Å². The maximum Gasteiger partial charge on any atom is 0.295 e. The highest BCUT2D eigenvalue weighted by Crippen LogP contribution is 2.39. The molecule has 0 saturated carbocycles. The lowest BCUT2D eigenvalue weighted by Crippen LogP contribution is -2.31. The quantitative estimate of drug-likeness (QED) is 0.224. The second-order valence-corrected chi connectivity index (χ2v) is 8.60. The van der Waals surface area contributed by atoms with Gasteiger partial charge in [-0.1, -0.05) is 41.9 Å². The van der Waals surface area contributed by atoms with E-state index in [2.05, 4.69) is 4.98 Å². The summed E-state index contributed by atoms with van der Waals surface area (Å²) in [7, 11) is 0. The summed E-state index contributed by atoms with van der Waals surface area (Å²) in [5.41, 5.74) is 2.87. The number of hydrogen-bond donors (Lipinski definition) is 2. The molecule has 170 valence electrons. The molecular formula is C27H20ClFN2O3. The molecule has 2 heterocycles. The Kier molecular flexibility index (Phi) is 5.67. The Morgan fingerprint density at radius 1 is 1.00 bits per heavy atom. The van der Waals surface area contributed by atoms with E-state index in [1.807, 2.05) is 30.5 Å². The minimum absolute atomic E-state index is 0.0298. The fraction of sp³-hybridized carbons (Fsp3) is 0.111. The fourth-order valence-electron chi connectivity index (χ4n) is 4.44. The van der Waals surface area contributed by atoms with Gasteiger partial charge >= 0.3 is 0 Å². The summed E-state index contributed by atoms with van der Waals surface area (Å²) in [4.78, 5) is 30.9. The van der Waals surface area contributed by atoms with Crippen LogP contribution in [0, 0.1) is 5.82 Å². The van der Waals surface area contributed by atoms with Gasteiger partial charge in [-0.15, -0.1) is 0 Å². The third-order valence-corrected chi connectivity index (χ3v) is 6.39. The zero-order valence-electron chi connectivity index (χ0n) is 18.0. The number of ketones is 1. The van der Waals surface area contributed by atoms with Gasteiger partial charge in [0, 0.05) is 34.2 Å². The number of rotatable bonds is 5. The maximum atomic E-state index is 13.6. The Balaban J connectivity index is 1.56. The molecule has 1 saturated heterocycles. The van der Waals surface area contributed by atoms with Crippen LogP contribution in [0.5, 0.6) is 0 Å². The molecule has 4 aromatic rings. The third-order valence-electron chi connectivity index (χ3n) is 6.14. The van der Waals surface area contributed by atoms with Crippen molar-refractivity contribution < 1.29 is 19.1 Å². The molecule has 0 unspecified atom stereocenters. The van der Waals surface area contributed by atoms with E-state index in [0.717, 1.165) is 16.5 Å². The predicted molar refractivity (Wildman–Crippen MR) is 129 cm³/mol.